The predicted molar refractivity (Wildman–Crippen MR) is 68.2 cm³/mol. The first-order chi connectivity index (χ1) is 8.79. The molecule has 5 nitrogen and oxygen atoms in total. The zero-order chi connectivity index (χ0) is 12.8. The maximum atomic E-state index is 11.8. The van der Waals surface area contributed by atoms with E-state index in [-0.39, 0.29) is 18.1 Å². The van der Waals surface area contributed by atoms with E-state index in [4.69, 9.17) is 4.74 Å². The Balaban J connectivity index is 1.75. The van der Waals surface area contributed by atoms with Gasteiger partial charge in [0.05, 0.1) is 12.1 Å². The highest BCUT2D eigenvalue weighted by molar-refractivity contribution is 5.76. The molecule has 1 unspecified atom stereocenters. The molecule has 1 aromatic rings. The fourth-order valence-electron chi connectivity index (χ4n) is 2.11. The Morgan fingerprint density at radius 3 is 3.17 bits per heavy atom. The summed E-state index contributed by atoms with van der Waals surface area (Å²) < 4.78 is 5.30. The molecular weight excluding hydrogens is 230 g/mol. The van der Waals surface area contributed by atoms with Crippen LogP contribution in [-0.4, -0.2) is 43.2 Å². The first-order valence-corrected chi connectivity index (χ1v) is 6.22. The number of hydrogen-bond acceptors (Lipinski definition) is 4. The number of carbonyl (C=O) groups excluding carboxylic acids is 1. The Bertz CT molecular complexity index is 383. The zero-order valence-corrected chi connectivity index (χ0v) is 10.6. The van der Waals surface area contributed by atoms with Gasteiger partial charge in [0.25, 0.3) is 0 Å². The molecule has 0 radical (unpaired) electrons. The van der Waals surface area contributed by atoms with E-state index in [0.29, 0.717) is 12.8 Å². The van der Waals surface area contributed by atoms with Crippen LogP contribution in [0.4, 0.5) is 0 Å². The molecule has 2 atom stereocenters. The summed E-state index contributed by atoms with van der Waals surface area (Å²) >= 11 is 0. The van der Waals surface area contributed by atoms with Gasteiger partial charge in [0.15, 0.2) is 0 Å². The Morgan fingerprint density at radius 2 is 2.44 bits per heavy atom. The van der Waals surface area contributed by atoms with Gasteiger partial charge in [0.2, 0.25) is 5.91 Å². The predicted octanol–water partition coefficient (Wildman–Crippen LogP) is 0.117. The maximum Gasteiger partial charge on any atom is 0.220 e. The maximum absolute atomic E-state index is 11.8. The summed E-state index contributed by atoms with van der Waals surface area (Å²) in [4.78, 5) is 16.0. The van der Waals surface area contributed by atoms with E-state index >= 15 is 0 Å². The van der Waals surface area contributed by atoms with Crippen LogP contribution in [0.3, 0.4) is 0 Å². The summed E-state index contributed by atoms with van der Waals surface area (Å²) in [7, 11) is 1.67. The van der Waals surface area contributed by atoms with Crippen LogP contribution in [0.2, 0.25) is 0 Å². The fourth-order valence-corrected chi connectivity index (χ4v) is 2.11. The fraction of sp³-hybridized carbons (Fsp3) is 0.538. The van der Waals surface area contributed by atoms with Gasteiger partial charge in [0, 0.05) is 38.5 Å². The van der Waals surface area contributed by atoms with Crippen molar-refractivity contribution in [1.29, 1.82) is 0 Å². The number of pyridine rings is 1. The van der Waals surface area contributed by atoms with Crippen molar-refractivity contribution in [1.82, 2.24) is 15.6 Å². The van der Waals surface area contributed by atoms with Crippen molar-refractivity contribution in [2.45, 2.75) is 25.0 Å². The molecule has 2 heterocycles. The van der Waals surface area contributed by atoms with Crippen molar-refractivity contribution < 1.29 is 9.53 Å². The summed E-state index contributed by atoms with van der Waals surface area (Å²) in [5.41, 5.74) is 0.945. The number of aromatic nitrogens is 1. The molecule has 1 amide bonds. The lowest BCUT2D eigenvalue weighted by Crippen LogP contribution is -2.43. The highest BCUT2D eigenvalue weighted by Gasteiger charge is 2.27. The van der Waals surface area contributed by atoms with Crippen LogP contribution < -0.4 is 10.6 Å². The molecule has 1 aromatic heterocycles. The number of ether oxygens (including phenoxy) is 1. The molecule has 1 saturated heterocycles. The molecular formula is C13H19N3O2. The second-order valence-corrected chi connectivity index (χ2v) is 4.43. The third kappa shape index (κ3) is 3.51. The Labute approximate surface area is 107 Å². The second-order valence-electron chi connectivity index (χ2n) is 4.43. The Hall–Kier alpha value is -1.46. The summed E-state index contributed by atoms with van der Waals surface area (Å²) in [5.74, 6) is 0.0522. The first kappa shape index (κ1) is 13.0. The number of amides is 1. The van der Waals surface area contributed by atoms with Crippen LogP contribution in [0.25, 0.3) is 0 Å². The molecule has 0 spiro atoms. The van der Waals surface area contributed by atoms with Crippen molar-refractivity contribution in [3.05, 3.63) is 30.1 Å². The van der Waals surface area contributed by atoms with E-state index in [1.54, 1.807) is 13.3 Å². The normalized spacial score (nSPS) is 22.9. The molecule has 0 aliphatic carbocycles. The molecule has 18 heavy (non-hydrogen) atoms. The molecule has 2 N–H and O–H groups in total. The number of aryl methyl sites for hydroxylation is 1. The second kappa shape index (κ2) is 6.47. The number of nitrogens with zero attached hydrogens (tertiary/aromatic N) is 1. The van der Waals surface area contributed by atoms with Crippen LogP contribution >= 0.6 is 0 Å². The third-order valence-corrected chi connectivity index (χ3v) is 3.14. The van der Waals surface area contributed by atoms with E-state index in [1.807, 2.05) is 18.2 Å². The van der Waals surface area contributed by atoms with Crippen LogP contribution in [-0.2, 0) is 16.0 Å². The van der Waals surface area contributed by atoms with E-state index in [0.717, 1.165) is 18.8 Å². The van der Waals surface area contributed by atoms with Crippen molar-refractivity contribution in [3.63, 3.8) is 0 Å². The lowest BCUT2D eigenvalue weighted by molar-refractivity contribution is -0.122. The van der Waals surface area contributed by atoms with Gasteiger partial charge in [-0.25, -0.2) is 0 Å². The Morgan fingerprint density at radius 1 is 1.56 bits per heavy atom. The standard InChI is InChI=1S/C13H19N3O2/c1-18-12-9-14-8-11(12)16-13(17)6-5-10-4-2-3-7-15-10/h2-4,7,11-12,14H,5-6,8-9H2,1H3,(H,16,17)/t11?,12-/m0/s1. The largest absolute Gasteiger partial charge is 0.378 e. The Kier molecular flexibility index (Phi) is 4.66. The molecule has 0 aromatic carbocycles. The van der Waals surface area contributed by atoms with Crippen molar-refractivity contribution >= 4 is 5.91 Å². The SMILES string of the molecule is CO[C@H]1CNCC1NC(=O)CCc1ccccn1. The van der Waals surface area contributed by atoms with Gasteiger partial charge in [-0.2, -0.15) is 0 Å². The first-order valence-electron chi connectivity index (χ1n) is 6.22. The average Bonchev–Trinajstić information content (AvgIpc) is 2.85. The van der Waals surface area contributed by atoms with Gasteiger partial charge < -0.3 is 15.4 Å². The van der Waals surface area contributed by atoms with Crippen molar-refractivity contribution in [2.24, 2.45) is 0 Å². The number of carbonyl (C=O) groups is 1. The topological polar surface area (TPSA) is 63.2 Å². The van der Waals surface area contributed by atoms with Crippen LogP contribution in [0.5, 0.6) is 0 Å². The molecule has 1 fully saturated rings. The van der Waals surface area contributed by atoms with E-state index < -0.39 is 0 Å². The van der Waals surface area contributed by atoms with Gasteiger partial charge in [-0.3, -0.25) is 9.78 Å². The summed E-state index contributed by atoms with van der Waals surface area (Å²) in [6.45, 7) is 1.57. The lowest BCUT2D eigenvalue weighted by atomic mass is 10.1. The number of methoxy groups -OCH3 is 1. The summed E-state index contributed by atoms with van der Waals surface area (Å²) in [6.07, 6.45) is 2.95. The highest BCUT2D eigenvalue weighted by atomic mass is 16.5. The molecule has 1 aliphatic rings. The van der Waals surface area contributed by atoms with E-state index in [1.165, 1.54) is 0 Å². The lowest BCUT2D eigenvalue weighted by Gasteiger charge is -2.18. The van der Waals surface area contributed by atoms with Crippen LogP contribution in [0.1, 0.15) is 12.1 Å². The van der Waals surface area contributed by atoms with Crippen LogP contribution in [0, 0.1) is 0 Å². The summed E-state index contributed by atoms with van der Waals surface area (Å²) in [5, 5.41) is 6.20. The van der Waals surface area contributed by atoms with Gasteiger partial charge in [-0.1, -0.05) is 6.07 Å². The minimum Gasteiger partial charge on any atom is -0.378 e. The number of rotatable bonds is 5. The molecule has 0 bridgehead atoms. The highest BCUT2D eigenvalue weighted by Crippen LogP contribution is 2.05. The molecule has 2 rings (SSSR count). The monoisotopic (exact) mass is 249 g/mol. The molecule has 5 heteroatoms. The minimum absolute atomic E-state index is 0.0522. The minimum atomic E-state index is 0.0522. The van der Waals surface area contributed by atoms with Gasteiger partial charge >= 0.3 is 0 Å². The van der Waals surface area contributed by atoms with Crippen LogP contribution in [0.15, 0.2) is 24.4 Å². The van der Waals surface area contributed by atoms with Crippen molar-refractivity contribution in [2.75, 3.05) is 20.2 Å². The molecule has 1 aliphatic heterocycles. The van der Waals surface area contributed by atoms with E-state index in [2.05, 4.69) is 15.6 Å². The molecule has 98 valence electrons. The third-order valence-electron chi connectivity index (χ3n) is 3.14. The number of hydrogen-bond donors (Lipinski definition) is 2. The van der Waals surface area contributed by atoms with Gasteiger partial charge in [-0.15, -0.1) is 0 Å². The molecule has 0 saturated carbocycles. The van der Waals surface area contributed by atoms with E-state index in [9.17, 15) is 4.79 Å². The number of nitrogens with one attached hydrogen (secondary N) is 2. The van der Waals surface area contributed by atoms with Crippen molar-refractivity contribution in [3.8, 4) is 0 Å². The van der Waals surface area contributed by atoms with Gasteiger partial charge in [0.1, 0.15) is 0 Å². The quantitative estimate of drug-likeness (QED) is 0.778. The average molecular weight is 249 g/mol. The zero-order valence-electron chi connectivity index (χ0n) is 10.6. The smallest absolute Gasteiger partial charge is 0.220 e. The van der Waals surface area contributed by atoms with Gasteiger partial charge in [-0.05, 0) is 18.6 Å². The summed E-state index contributed by atoms with van der Waals surface area (Å²) in [6, 6.07) is 5.81.